The Morgan fingerprint density at radius 2 is 2.14 bits per heavy atom. The van der Waals surface area contributed by atoms with Gasteiger partial charge in [-0.3, -0.25) is 0 Å². The van der Waals surface area contributed by atoms with Crippen LogP contribution in [0, 0.1) is 0 Å². The highest BCUT2D eigenvalue weighted by molar-refractivity contribution is 7.13. The van der Waals surface area contributed by atoms with E-state index in [1.165, 1.54) is 0 Å². The zero-order valence-corrected chi connectivity index (χ0v) is 9.62. The summed E-state index contributed by atoms with van der Waals surface area (Å²) < 4.78 is 0.536. The van der Waals surface area contributed by atoms with Gasteiger partial charge in [0.1, 0.15) is 7.05 Å². The summed E-state index contributed by atoms with van der Waals surface area (Å²) in [5.41, 5.74) is 0. The number of quaternary nitrogens is 1. The first-order chi connectivity index (χ1) is 6.56. The second-order valence-corrected chi connectivity index (χ2v) is 4.27. The molecule has 2 rings (SSSR count). The Kier molecular flexibility index (Phi) is 2.06. The van der Waals surface area contributed by atoms with E-state index >= 15 is 0 Å². The number of hydrogen-bond donors (Lipinski definition) is 0. The normalized spacial score (nSPS) is 28.3. The van der Waals surface area contributed by atoms with Crippen molar-refractivity contribution in [1.82, 2.24) is 19.8 Å². The average Bonchev–Trinajstić information content (AvgIpc) is 2.72. The lowest BCUT2D eigenvalue weighted by Crippen LogP contribution is -2.58. The van der Waals surface area contributed by atoms with Crippen molar-refractivity contribution in [3.8, 4) is 0 Å². The maximum atomic E-state index is 4.39. The summed E-state index contributed by atoms with van der Waals surface area (Å²) >= 11 is 1.64. The monoisotopic (exact) mass is 212 g/mol. The molecule has 1 atom stereocenters. The highest BCUT2D eigenvalue weighted by Crippen LogP contribution is 2.30. The minimum Gasteiger partial charge on any atom is -0.192 e. The van der Waals surface area contributed by atoms with Crippen LogP contribution in [0.15, 0.2) is 16.7 Å². The van der Waals surface area contributed by atoms with Gasteiger partial charge < -0.3 is 0 Å². The summed E-state index contributed by atoms with van der Waals surface area (Å²) in [6, 6.07) is 0. The number of nitrogens with zero attached hydrogens (tertiary/aromatic N) is 5. The number of hydrazone groups is 1. The quantitative estimate of drug-likeness (QED) is 0.654. The van der Waals surface area contributed by atoms with Gasteiger partial charge in [0.15, 0.2) is 0 Å². The fourth-order valence-electron chi connectivity index (χ4n) is 1.52. The summed E-state index contributed by atoms with van der Waals surface area (Å²) in [6.07, 6.45) is 1.82. The van der Waals surface area contributed by atoms with Crippen molar-refractivity contribution in [3.05, 3.63) is 11.6 Å². The molecule has 0 aromatic carbocycles. The van der Waals surface area contributed by atoms with Gasteiger partial charge in [-0.1, -0.05) is 11.3 Å². The molecular weight excluding hydrogens is 198 g/mol. The zero-order valence-electron chi connectivity index (χ0n) is 8.80. The van der Waals surface area contributed by atoms with Crippen molar-refractivity contribution in [2.45, 2.75) is 6.92 Å². The maximum Gasteiger partial charge on any atom is 0.313 e. The minimum absolute atomic E-state index is 0.536. The first-order valence-electron chi connectivity index (χ1n) is 4.37. The fourth-order valence-corrected chi connectivity index (χ4v) is 2.34. The SMILES string of the molecule is CC1=NN(C)N(C)[N+]1(C)c1nccs1. The molecule has 0 aliphatic carbocycles. The van der Waals surface area contributed by atoms with Crippen LogP contribution >= 0.6 is 11.3 Å². The smallest absolute Gasteiger partial charge is 0.192 e. The van der Waals surface area contributed by atoms with Crippen LogP contribution < -0.4 is 4.59 Å². The topological polar surface area (TPSA) is 31.7 Å². The summed E-state index contributed by atoms with van der Waals surface area (Å²) in [7, 11) is 6.02. The Hall–Kier alpha value is -0.980. The van der Waals surface area contributed by atoms with Gasteiger partial charge in [0.05, 0.1) is 7.05 Å². The highest BCUT2D eigenvalue weighted by Gasteiger charge is 2.44. The largest absolute Gasteiger partial charge is 0.313 e. The molecule has 2 heterocycles. The number of aromatic nitrogens is 1. The van der Waals surface area contributed by atoms with Crippen molar-refractivity contribution in [1.29, 1.82) is 0 Å². The van der Waals surface area contributed by atoms with E-state index in [1.54, 1.807) is 11.3 Å². The number of hydrogen-bond acceptors (Lipinski definition) is 5. The van der Waals surface area contributed by atoms with E-state index in [2.05, 4.69) is 17.1 Å². The van der Waals surface area contributed by atoms with Crippen LogP contribution in [0.1, 0.15) is 6.92 Å². The lowest BCUT2D eigenvalue weighted by Gasteiger charge is -2.31. The van der Waals surface area contributed by atoms with Crippen LogP contribution in [0.25, 0.3) is 0 Å². The van der Waals surface area contributed by atoms with E-state index in [0.29, 0.717) is 4.59 Å². The summed E-state index contributed by atoms with van der Waals surface area (Å²) in [4.78, 5) is 4.35. The zero-order chi connectivity index (χ0) is 10.3. The molecule has 1 unspecified atom stereocenters. The third kappa shape index (κ3) is 1.08. The van der Waals surface area contributed by atoms with Gasteiger partial charge in [0.25, 0.3) is 0 Å². The van der Waals surface area contributed by atoms with Gasteiger partial charge in [-0.2, -0.15) is 10.1 Å². The van der Waals surface area contributed by atoms with E-state index in [4.69, 9.17) is 0 Å². The van der Waals surface area contributed by atoms with Gasteiger partial charge in [0, 0.05) is 25.5 Å². The van der Waals surface area contributed by atoms with Crippen molar-refractivity contribution < 1.29 is 0 Å². The van der Waals surface area contributed by atoms with E-state index in [9.17, 15) is 0 Å². The van der Waals surface area contributed by atoms with Crippen molar-refractivity contribution in [2.24, 2.45) is 5.10 Å². The van der Waals surface area contributed by atoms with Crippen LogP contribution in [-0.2, 0) is 0 Å². The molecule has 1 aromatic heterocycles. The van der Waals surface area contributed by atoms with Gasteiger partial charge in [-0.25, -0.2) is 0 Å². The molecule has 0 bridgehead atoms. The molecule has 76 valence electrons. The van der Waals surface area contributed by atoms with Crippen molar-refractivity contribution in [3.63, 3.8) is 0 Å². The van der Waals surface area contributed by atoms with Crippen molar-refractivity contribution >= 4 is 22.3 Å². The Balaban J connectivity index is 2.46. The predicted octanol–water partition coefficient (Wildman–Crippen LogP) is 1.12. The molecule has 14 heavy (non-hydrogen) atoms. The molecule has 0 saturated carbocycles. The third-order valence-electron chi connectivity index (χ3n) is 2.71. The van der Waals surface area contributed by atoms with Crippen LogP contribution in [0.5, 0.6) is 0 Å². The van der Waals surface area contributed by atoms with Gasteiger partial charge in [-0.15, -0.1) is 9.69 Å². The molecule has 6 heteroatoms. The Labute approximate surface area is 87.4 Å². The standard InChI is InChI=1S/C8H14N5S/c1-7-10-11(2)12(3)13(7,4)8-9-5-6-14-8/h5-6H,1-4H3/q+1. The average molecular weight is 212 g/mol. The van der Waals surface area contributed by atoms with Crippen LogP contribution in [0.4, 0.5) is 5.13 Å². The Morgan fingerprint density at radius 3 is 2.57 bits per heavy atom. The Bertz CT molecular complexity index is 360. The highest BCUT2D eigenvalue weighted by atomic mass is 32.1. The molecule has 0 radical (unpaired) electrons. The molecule has 5 nitrogen and oxygen atoms in total. The number of rotatable bonds is 1. The minimum atomic E-state index is 0.536. The second-order valence-electron chi connectivity index (χ2n) is 3.40. The van der Waals surface area contributed by atoms with Crippen molar-refractivity contribution in [2.75, 3.05) is 21.1 Å². The summed E-state index contributed by atoms with van der Waals surface area (Å²) in [5, 5.41) is 11.3. The molecule has 0 saturated heterocycles. The van der Waals surface area contributed by atoms with E-state index < -0.39 is 0 Å². The number of thiazole rings is 1. The van der Waals surface area contributed by atoms with Crippen LogP contribution in [0.2, 0.25) is 0 Å². The Morgan fingerprint density at radius 1 is 1.43 bits per heavy atom. The molecule has 1 aliphatic rings. The van der Waals surface area contributed by atoms with E-state index in [-0.39, 0.29) is 0 Å². The fraction of sp³-hybridized carbons (Fsp3) is 0.500. The second kappa shape index (κ2) is 3.01. The summed E-state index contributed by atoms with van der Waals surface area (Å²) in [5.74, 6) is 1.02. The molecule has 1 aliphatic heterocycles. The van der Waals surface area contributed by atoms with Gasteiger partial charge >= 0.3 is 5.13 Å². The molecule has 0 spiro atoms. The first kappa shape index (κ1) is 9.57. The predicted molar refractivity (Wildman–Crippen MR) is 58.5 cm³/mol. The number of hydrazine groups is 1. The third-order valence-corrected chi connectivity index (χ3v) is 3.64. The van der Waals surface area contributed by atoms with Crippen LogP contribution in [-0.4, -0.2) is 42.2 Å². The molecule has 0 fully saturated rings. The summed E-state index contributed by atoms with van der Waals surface area (Å²) in [6.45, 7) is 2.02. The maximum absolute atomic E-state index is 4.39. The van der Waals surface area contributed by atoms with Gasteiger partial charge in [-0.05, 0) is 5.12 Å². The number of amidine groups is 1. The van der Waals surface area contributed by atoms with E-state index in [0.717, 1.165) is 11.0 Å². The molecule has 1 aromatic rings. The first-order valence-corrected chi connectivity index (χ1v) is 5.25. The lowest BCUT2D eigenvalue weighted by atomic mass is 10.6. The molecule has 0 N–H and O–H groups in total. The van der Waals surface area contributed by atoms with E-state index in [1.807, 2.05) is 42.8 Å². The molecule has 0 amide bonds. The van der Waals surface area contributed by atoms with Gasteiger partial charge in [0.2, 0.25) is 5.84 Å². The molecular formula is C8H14N5S+. The lowest BCUT2D eigenvalue weighted by molar-refractivity contribution is -0.0627. The van der Waals surface area contributed by atoms with Crippen LogP contribution in [0.3, 0.4) is 0 Å².